The molecule has 74 valence electrons. The summed E-state index contributed by atoms with van der Waals surface area (Å²) in [5.41, 5.74) is 0.655. The van der Waals surface area contributed by atoms with Crippen LogP contribution >= 0.6 is 23.5 Å². The van der Waals surface area contributed by atoms with Crippen LogP contribution in [0.4, 0.5) is 0 Å². The molecule has 2 saturated heterocycles. The van der Waals surface area contributed by atoms with Gasteiger partial charge in [-0.3, -0.25) is 0 Å². The van der Waals surface area contributed by atoms with Gasteiger partial charge in [-0.25, -0.2) is 0 Å². The Morgan fingerprint density at radius 2 is 1.38 bits per heavy atom. The van der Waals surface area contributed by atoms with Gasteiger partial charge in [-0.2, -0.15) is 23.5 Å². The van der Waals surface area contributed by atoms with Crippen molar-refractivity contribution in [2.24, 2.45) is 17.3 Å². The van der Waals surface area contributed by atoms with Crippen molar-refractivity contribution in [1.82, 2.24) is 0 Å². The Balaban J connectivity index is 1.96. The van der Waals surface area contributed by atoms with E-state index in [0.29, 0.717) is 5.41 Å². The molecule has 1 aliphatic carbocycles. The van der Waals surface area contributed by atoms with Crippen LogP contribution in [0.3, 0.4) is 0 Å². The lowest BCUT2D eigenvalue weighted by Crippen LogP contribution is -2.26. The van der Waals surface area contributed by atoms with Crippen LogP contribution in [-0.2, 0) is 0 Å². The molecule has 0 bridgehead atoms. The predicted molar refractivity (Wildman–Crippen MR) is 62.5 cm³/mol. The highest BCUT2D eigenvalue weighted by atomic mass is 32.2. The van der Waals surface area contributed by atoms with Crippen LogP contribution in [-0.4, -0.2) is 22.0 Å². The van der Waals surface area contributed by atoms with E-state index in [1.807, 2.05) is 0 Å². The second kappa shape index (κ2) is 2.85. The fraction of sp³-hybridized carbons (Fsp3) is 1.00. The molecule has 0 radical (unpaired) electrons. The van der Waals surface area contributed by atoms with Crippen LogP contribution in [0.2, 0.25) is 0 Å². The van der Waals surface area contributed by atoms with E-state index in [4.69, 9.17) is 0 Å². The normalized spacial score (nSPS) is 52.2. The number of fused-ring (bicyclic) bond motifs is 3. The third-order valence-corrected chi connectivity index (χ3v) is 7.63. The first-order valence-corrected chi connectivity index (χ1v) is 7.54. The molecule has 2 aliphatic heterocycles. The van der Waals surface area contributed by atoms with Gasteiger partial charge in [-0.15, -0.1) is 0 Å². The van der Waals surface area contributed by atoms with E-state index in [9.17, 15) is 0 Å². The van der Waals surface area contributed by atoms with Gasteiger partial charge in [0.25, 0.3) is 0 Å². The summed E-state index contributed by atoms with van der Waals surface area (Å²) in [7, 11) is 0. The molecule has 0 aromatic heterocycles. The van der Waals surface area contributed by atoms with Crippen molar-refractivity contribution in [3.05, 3.63) is 0 Å². The third-order valence-electron chi connectivity index (χ3n) is 4.51. The van der Waals surface area contributed by atoms with Crippen LogP contribution in [0.1, 0.15) is 26.7 Å². The molecule has 4 unspecified atom stereocenters. The zero-order valence-electron chi connectivity index (χ0n) is 8.45. The summed E-state index contributed by atoms with van der Waals surface area (Å²) >= 11 is 4.54. The van der Waals surface area contributed by atoms with Gasteiger partial charge in [-0.1, -0.05) is 13.8 Å². The molecule has 4 atom stereocenters. The number of hydrogen-bond donors (Lipinski definition) is 0. The molecule has 0 nitrogen and oxygen atoms in total. The Hall–Kier alpha value is 0.700. The van der Waals surface area contributed by atoms with E-state index >= 15 is 0 Å². The van der Waals surface area contributed by atoms with E-state index < -0.39 is 0 Å². The molecule has 1 saturated carbocycles. The summed E-state index contributed by atoms with van der Waals surface area (Å²) in [5, 5.41) is 2.04. The molecule has 3 rings (SSSR count). The van der Waals surface area contributed by atoms with Crippen molar-refractivity contribution in [3.63, 3.8) is 0 Å². The first-order chi connectivity index (χ1) is 6.21. The summed E-state index contributed by atoms with van der Waals surface area (Å²) in [4.78, 5) is 0. The fourth-order valence-corrected chi connectivity index (χ4v) is 7.73. The molecule has 0 aromatic carbocycles. The zero-order valence-corrected chi connectivity index (χ0v) is 10.1. The quantitative estimate of drug-likeness (QED) is 0.607. The van der Waals surface area contributed by atoms with Crippen LogP contribution in [0, 0.1) is 17.3 Å². The molecule has 0 spiro atoms. The van der Waals surface area contributed by atoms with Crippen molar-refractivity contribution in [2.75, 3.05) is 11.5 Å². The molecule has 0 N–H and O–H groups in total. The first kappa shape index (κ1) is 8.96. The summed E-state index contributed by atoms with van der Waals surface area (Å²) in [6, 6.07) is 0. The molecule has 3 aliphatic rings. The molecule has 13 heavy (non-hydrogen) atoms. The van der Waals surface area contributed by atoms with Gasteiger partial charge >= 0.3 is 0 Å². The minimum atomic E-state index is 0.655. The van der Waals surface area contributed by atoms with Crippen molar-refractivity contribution in [2.45, 2.75) is 37.2 Å². The Morgan fingerprint density at radius 1 is 0.923 bits per heavy atom. The molecular weight excluding hydrogens is 196 g/mol. The molecule has 2 heterocycles. The highest BCUT2D eigenvalue weighted by Crippen LogP contribution is 2.63. The largest absolute Gasteiger partial charge is 0.157 e. The Bertz CT molecular complexity index is 202. The van der Waals surface area contributed by atoms with Crippen LogP contribution in [0.15, 0.2) is 0 Å². The Morgan fingerprint density at radius 3 is 1.85 bits per heavy atom. The molecule has 2 heteroatoms. The maximum atomic E-state index is 2.53. The van der Waals surface area contributed by atoms with E-state index in [1.54, 1.807) is 0 Å². The van der Waals surface area contributed by atoms with Crippen molar-refractivity contribution in [1.29, 1.82) is 0 Å². The highest BCUT2D eigenvalue weighted by molar-refractivity contribution is 8.04. The van der Waals surface area contributed by atoms with Gasteiger partial charge in [0.15, 0.2) is 0 Å². The summed E-state index contributed by atoms with van der Waals surface area (Å²) < 4.78 is 0. The fourth-order valence-electron chi connectivity index (χ4n) is 3.74. The summed E-state index contributed by atoms with van der Waals surface area (Å²) in [6.07, 6.45) is 2.99. The van der Waals surface area contributed by atoms with Gasteiger partial charge in [-0.05, 0) is 41.6 Å². The van der Waals surface area contributed by atoms with Crippen molar-refractivity contribution in [3.8, 4) is 0 Å². The first-order valence-electron chi connectivity index (χ1n) is 5.44. The average Bonchev–Trinajstić information content (AvgIpc) is 2.74. The number of thioether (sulfide) groups is 2. The van der Waals surface area contributed by atoms with E-state index in [1.165, 1.54) is 24.3 Å². The Labute approximate surface area is 89.6 Å². The summed E-state index contributed by atoms with van der Waals surface area (Å²) in [6.45, 7) is 5.07. The maximum Gasteiger partial charge on any atom is 0.0203 e. The van der Waals surface area contributed by atoms with Gasteiger partial charge < -0.3 is 0 Å². The zero-order chi connectivity index (χ0) is 9.05. The van der Waals surface area contributed by atoms with Crippen LogP contribution < -0.4 is 0 Å². The number of rotatable bonds is 0. The van der Waals surface area contributed by atoms with Crippen LogP contribution in [0.5, 0.6) is 0 Å². The molecule has 0 amide bonds. The number of hydrogen-bond acceptors (Lipinski definition) is 2. The molecular formula is C11H18S2. The lowest BCUT2D eigenvalue weighted by molar-refractivity contribution is 0.187. The highest BCUT2D eigenvalue weighted by Gasteiger charge is 2.58. The monoisotopic (exact) mass is 214 g/mol. The summed E-state index contributed by atoms with van der Waals surface area (Å²) in [5.74, 6) is 4.95. The van der Waals surface area contributed by atoms with Gasteiger partial charge in [0.2, 0.25) is 0 Å². The smallest absolute Gasteiger partial charge is 0.0203 e. The molecule has 3 fully saturated rings. The van der Waals surface area contributed by atoms with Gasteiger partial charge in [0.1, 0.15) is 0 Å². The topological polar surface area (TPSA) is 0 Å². The lowest BCUT2D eigenvalue weighted by Gasteiger charge is -2.31. The third kappa shape index (κ3) is 1.08. The van der Waals surface area contributed by atoms with E-state index in [-0.39, 0.29) is 0 Å². The van der Waals surface area contributed by atoms with Crippen LogP contribution in [0.25, 0.3) is 0 Å². The van der Waals surface area contributed by atoms with Gasteiger partial charge in [0.05, 0.1) is 0 Å². The predicted octanol–water partition coefficient (Wildman–Crippen LogP) is 3.27. The molecule has 0 aromatic rings. The standard InChI is InChI=1S/C11H18S2/c1-11(2)7-3-5-12-9(7)10-8(11)4-6-13-10/h7-10H,3-6H2,1-2H3. The van der Waals surface area contributed by atoms with E-state index in [2.05, 4.69) is 37.4 Å². The second-order valence-electron chi connectivity index (χ2n) is 5.28. The lowest BCUT2D eigenvalue weighted by atomic mass is 9.73. The average molecular weight is 214 g/mol. The van der Waals surface area contributed by atoms with Crippen molar-refractivity contribution >= 4 is 23.5 Å². The Kier molecular flexibility index (Phi) is 1.97. The minimum Gasteiger partial charge on any atom is -0.157 e. The van der Waals surface area contributed by atoms with Crippen molar-refractivity contribution < 1.29 is 0 Å². The SMILES string of the molecule is CC1(C)C2CCSC2C2SCCC21. The minimum absolute atomic E-state index is 0.655. The van der Waals surface area contributed by atoms with E-state index in [0.717, 1.165) is 22.3 Å². The maximum absolute atomic E-state index is 2.53. The second-order valence-corrected chi connectivity index (χ2v) is 7.85. The van der Waals surface area contributed by atoms with Gasteiger partial charge in [0, 0.05) is 10.5 Å².